The van der Waals surface area contributed by atoms with E-state index >= 15 is 0 Å². The zero-order valence-corrected chi connectivity index (χ0v) is 25.0. The molecule has 0 saturated carbocycles. The average Bonchev–Trinajstić information content (AvgIpc) is 2.97. The fraction of sp³-hybridized carbons (Fsp3) is 0.200. The molecule has 0 amide bonds. The van der Waals surface area contributed by atoms with E-state index in [1.165, 1.54) is 12.2 Å². The van der Waals surface area contributed by atoms with Crippen LogP contribution < -0.4 is 0 Å². The van der Waals surface area contributed by atoms with E-state index in [-0.39, 0.29) is 29.1 Å². The second-order valence-electron chi connectivity index (χ2n) is 11.6. The van der Waals surface area contributed by atoms with Gasteiger partial charge in [-0.3, -0.25) is 9.11 Å². The molecule has 8 heteroatoms. The molecular weight excluding hydrogens is 581 g/mol. The molecule has 0 heterocycles. The van der Waals surface area contributed by atoms with Gasteiger partial charge in [-0.2, -0.15) is 16.8 Å². The SMILES string of the molecule is O=S(=O)(O)C1=CC=C2C=CC=C[C@H]2[C@]1(Cc1ccccc1)C[C@]1(Cc2ccccc2)C(S(=O)(=O)O)=CC=C2C=CC=C[C@H]21. The Labute approximate surface area is 253 Å². The van der Waals surface area contributed by atoms with Crippen LogP contribution in [0.4, 0.5) is 0 Å². The van der Waals surface area contributed by atoms with Crippen molar-refractivity contribution in [3.05, 3.63) is 166 Å². The third kappa shape index (κ3) is 5.40. The van der Waals surface area contributed by atoms with Crippen LogP contribution in [0.15, 0.2) is 155 Å². The molecule has 0 fully saturated rings. The highest BCUT2D eigenvalue weighted by Crippen LogP contribution is 2.61. The molecule has 0 bridgehead atoms. The molecule has 43 heavy (non-hydrogen) atoms. The third-order valence-electron chi connectivity index (χ3n) is 9.06. The highest BCUT2D eigenvalue weighted by atomic mass is 32.2. The van der Waals surface area contributed by atoms with Gasteiger partial charge in [-0.15, -0.1) is 0 Å². The number of rotatable bonds is 8. The molecule has 0 spiro atoms. The van der Waals surface area contributed by atoms with Gasteiger partial charge in [0.05, 0.1) is 9.81 Å². The first-order valence-electron chi connectivity index (χ1n) is 14.1. The lowest BCUT2D eigenvalue weighted by molar-refractivity contribution is 0.138. The Hall–Kier alpha value is -3.82. The largest absolute Gasteiger partial charge is 0.291 e. The maximum absolute atomic E-state index is 13.3. The first-order valence-corrected chi connectivity index (χ1v) is 17.0. The van der Waals surface area contributed by atoms with Gasteiger partial charge in [0.15, 0.2) is 0 Å². The van der Waals surface area contributed by atoms with Crippen LogP contribution in [0.5, 0.6) is 0 Å². The summed E-state index contributed by atoms with van der Waals surface area (Å²) >= 11 is 0. The summed E-state index contributed by atoms with van der Waals surface area (Å²) in [5.41, 5.74) is 0.720. The molecule has 2 N–H and O–H groups in total. The molecule has 0 aromatic heterocycles. The minimum atomic E-state index is -4.76. The molecule has 0 radical (unpaired) electrons. The van der Waals surface area contributed by atoms with Crippen LogP contribution in [-0.2, 0) is 33.1 Å². The molecule has 4 atom stereocenters. The summed E-state index contributed by atoms with van der Waals surface area (Å²) < 4.78 is 75.0. The number of hydrogen-bond donors (Lipinski definition) is 2. The number of allylic oxidation sites excluding steroid dienone is 16. The van der Waals surface area contributed by atoms with Crippen molar-refractivity contribution in [2.45, 2.75) is 19.3 Å². The predicted molar refractivity (Wildman–Crippen MR) is 169 cm³/mol. The monoisotopic (exact) mass is 612 g/mol. The van der Waals surface area contributed by atoms with Crippen LogP contribution in [0.3, 0.4) is 0 Å². The summed E-state index contributed by atoms with van der Waals surface area (Å²) in [6, 6.07) is 18.9. The van der Waals surface area contributed by atoms with Gasteiger partial charge in [-0.25, -0.2) is 0 Å². The topological polar surface area (TPSA) is 109 Å². The van der Waals surface area contributed by atoms with Crippen LogP contribution in [-0.4, -0.2) is 25.9 Å². The van der Waals surface area contributed by atoms with Crippen LogP contribution in [0.2, 0.25) is 0 Å². The molecule has 0 aliphatic heterocycles. The molecule has 0 unspecified atom stereocenters. The van der Waals surface area contributed by atoms with E-state index in [0.29, 0.717) is 0 Å². The molecular formula is C35H32O6S2. The Morgan fingerprint density at radius 1 is 0.558 bits per heavy atom. The Kier molecular flexibility index (Phi) is 7.50. The lowest BCUT2D eigenvalue weighted by atomic mass is 9.52. The van der Waals surface area contributed by atoms with Gasteiger partial charge >= 0.3 is 0 Å². The normalized spacial score (nSPS) is 27.9. The van der Waals surface area contributed by atoms with Gasteiger partial charge in [0.2, 0.25) is 0 Å². The number of fused-ring (bicyclic) bond motifs is 2. The molecule has 6 rings (SSSR count). The lowest BCUT2D eigenvalue weighted by Gasteiger charge is -2.53. The highest BCUT2D eigenvalue weighted by molar-refractivity contribution is 7.90. The first-order chi connectivity index (χ1) is 20.5. The van der Waals surface area contributed by atoms with Gasteiger partial charge < -0.3 is 0 Å². The number of hydrogen-bond acceptors (Lipinski definition) is 4. The van der Waals surface area contributed by atoms with Gasteiger partial charge in [-0.1, -0.05) is 121 Å². The van der Waals surface area contributed by atoms with Gasteiger partial charge in [0, 0.05) is 22.7 Å². The molecule has 4 aliphatic carbocycles. The first kappa shape index (κ1) is 29.3. The Morgan fingerprint density at radius 3 is 1.33 bits per heavy atom. The van der Waals surface area contributed by atoms with E-state index in [1.807, 2.05) is 109 Å². The van der Waals surface area contributed by atoms with E-state index in [9.17, 15) is 25.9 Å². The number of benzene rings is 2. The highest BCUT2D eigenvalue weighted by Gasteiger charge is 2.58. The smallest absolute Gasteiger partial charge is 0.282 e. The molecule has 6 nitrogen and oxygen atoms in total. The van der Waals surface area contributed by atoms with Crippen molar-refractivity contribution < 1.29 is 25.9 Å². The van der Waals surface area contributed by atoms with Crippen molar-refractivity contribution in [1.82, 2.24) is 0 Å². The summed E-state index contributed by atoms with van der Waals surface area (Å²) in [5, 5.41) is 0. The van der Waals surface area contributed by atoms with Crippen LogP contribution >= 0.6 is 0 Å². The minimum Gasteiger partial charge on any atom is -0.282 e. The van der Waals surface area contributed by atoms with Crippen molar-refractivity contribution in [2.24, 2.45) is 22.7 Å². The Morgan fingerprint density at radius 2 is 0.953 bits per heavy atom. The van der Waals surface area contributed by atoms with E-state index < -0.39 is 42.9 Å². The summed E-state index contributed by atoms with van der Waals surface area (Å²) in [4.78, 5) is -0.350. The van der Waals surface area contributed by atoms with Crippen LogP contribution in [0.1, 0.15) is 17.5 Å². The third-order valence-corrected chi connectivity index (χ3v) is 11.3. The summed E-state index contributed by atoms with van der Waals surface area (Å²) in [6.45, 7) is 0. The second kappa shape index (κ2) is 11.0. The summed E-state index contributed by atoms with van der Waals surface area (Å²) in [5.74, 6) is -1.01. The molecule has 2 aromatic rings. The van der Waals surface area contributed by atoms with Crippen molar-refractivity contribution in [3.63, 3.8) is 0 Å². The molecule has 4 aliphatic rings. The predicted octanol–water partition coefficient (Wildman–Crippen LogP) is 6.74. The maximum Gasteiger partial charge on any atom is 0.291 e. The van der Waals surface area contributed by atoms with E-state index in [0.717, 1.165) is 22.3 Å². The zero-order chi connectivity index (χ0) is 30.3. The Balaban J connectivity index is 1.67. The summed E-state index contributed by atoms with van der Waals surface area (Å²) in [6.07, 6.45) is 21.8. The molecule has 2 aromatic carbocycles. The Bertz CT molecular complexity index is 1750. The lowest BCUT2D eigenvalue weighted by Crippen LogP contribution is -2.49. The van der Waals surface area contributed by atoms with E-state index in [2.05, 4.69) is 0 Å². The van der Waals surface area contributed by atoms with Gasteiger partial charge in [0.1, 0.15) is 0 Å². The fourth-order valence-electron chi connectivity index (χ4n) is 7.50. The quantitative estimate of drug-likeness (QED) is 0.320. The van der Waals surface area contributed by atoms with Crippen molar-refractivity contribution in [3.8, 4) is 0 Å². The standard InChI is InChI=1S/C35H32O6S2/c36-42(37,38)32-21-19-28-15-7-9-17-30(28)34(32,23-26-11-3-1-4-12-26)25-35(24-27-13-5-2-6-14-27)31-18-10-8-16-29(31)20-22-33(35)43(39,40)41/h1-22,30-31H,23-25H2,(H,36,37,38)(H,39,40,41)/t30-,31-,34+,35+/m1/s1. The minimum absolute atomic E-state index is 0.0125. The fourth-order valence-corrected chi connectivity index (χ4v) is 9.55. The van der Waals surface area contributed by atoms with Gasteiger partial charge in [-0.05, 0) is 53.7 Å². The second-order valence-corrected chi connectivity index (χ2v) is 14.4. The molecule has 0 saturated heterocycles. The maximum atomic E-state index is 13.3. The van der Waals surface area contributed by atoms with Crippen molar-refractivity contribution >= 4 is 20.2 Å². The zero-order valence-electron chi connectivity index (χ0n) is 23.3. The van der Waals surface area contributed by atoms with Crippen molar-refractivity contribution in [2.75, 3.05) is 0 Å². The van der Waals surface area contributed by atoms with E-state index in [1.54, 1.807) is 12.2 Å². The van der Waals surface area contributed by atoms with Crippen molar-refractivity contribution in [1.29, 1.82) is 0 Å². The van der Waals surface area contributed by atoms with E-state index in [4.69, 9.17) is 0 Å². The van der Waals surface area contributed by atoms with Gasteiger partial charge in [0.25, 0.3) is 20.2 Å². The van der Waals surface area contributed by atoms with Crippen LogP contribution in [0, 0.1) is 22.7 Å². The average molecular weight is 613 g/mol. The summed E-state index contributed by atoms with van der Waals surface area (Å²) in [7, 11) is -9.51. The molecule has 220 valence electrons. The van der Waals surface area contributed by atoms with Crippen LogP contribution in [0.25, 0.3) is 0 Å².